The van der Waals surface area contributed by atoms with Gasteiger partial charge in [0.15, 0.2) is 11.5 Å². The standard InChI is InChI=1S/C29H31F2N9O.C3H4F2/c1-33-22-11-25(37-40-24(26(32)41)13-36-27(22)40)39-10-7-20-19(3-2-4-23(20)39)21-6-5-18(12-35-21)14-38-16-28(17-38)8-9-34-15-29(28,30)31;4-3(5)1-2-3/h2-6,11-13,33-34H,7-10,14-17H2,1H3,(H2,32,41);1-2H2. The summed E-state index contributed by atoms with van der Waals surface area (Å²) >= 11 is 0. The topological polar surface area (TPSA) is 117 Å². The van der Waals surface area contributed by atoms with E-state index >= 15 is 0 Å². The average molecular weight is 638 g/mol. The lowest BCUT2D eigenvalue weighted by molar-refractivity contribution is -0.205. The van der Waals surface area contributed by atoms with Crippen LogP contribution in [0.2, 0.25) is 0 Å². The van der Waals surface area contributed by atoms with Crippen LogP contribution in [-0.4, -0.2) is 82.0 Å². The molecule has 14 heteroatoms. The number of nitrogens with one attached hydrogen (secondary N) is 2. The number of halogens is 4. The van der Waals surface area contributed by atoms with Crippen molar-refractivity contribution in [2.75, 3.05) is 50.0 Å². The van der Waals surface area contributed by atoms with E-state index in [4.69, 9.17) is 15.8 Å². The molecule has 1 aromatic carbocycles. The molecule has 0 bridgehead atoms. The number of aromatic nitrogens is 4. The molecule has 46 heavy (non-hydrogen) atoms. The summed E-state index contributed by atoms with van der Waals surface area (Å²) in [5.74, 6) is -4.83. The highest BCUT2D eigenvalue weighted by molar-refractivity contribution is 5.92. The number of fused-ring (bicyclic) bond motifs is 2. The van der Waals surface area contributed by atoms with Gasteiger partial charge in [0.1, 0.15) is 5.69 Å². The molecule has 0 atom stereocenters. The number of benzene rings is 1. The number of nitrogens with zero attached hydrogens (tertiary/aromatic N) is 6. The first-order chi connectivity index (χ1) is 22.0. The predicted molar refractivity (Wildman–Crippen MR) is 166 cm³/mol. The van der Waals surface area contributed by atoms with Gasteiger partial charge in [-0.2, -0.15) is 0 Å². The fourth-order valence-electron chi connectivity index (χ4n) is 6.64. The summed E-state index contributed by atoms with van der Waals surface area (Å²) in [6.07, 6.45) is 4.84. The maximum Gasteiger partial charge on any atom is 0.269 e. The first-order valence-corrected chi connectivity index (χ1v) is 15.4. The number of alkyl halides is 4. The van der Waals surface area contributed by atoms with Crippen molar-refractivity contribution < 1.29 is 22.4 Å². The van der Waals surface area contributed by atoms with Crippen LogP contribution in [0.1, 0.15) is 40.9 Å². The summed E-state index contributed by atoms with van der Waals surface area (Å²) in [5.41, 5.74) is 11.3. The number of rotatable bonds is 6. The summed E-state index contributed by atoms with van der Waals surface area (Å²) in [5, 5.41) is 10.7. The Labute approximate surface area is 263 Å². The molecule has 6 heterocycles. The van der Waals surface area contributed by atoms with Crippen LogP contribution in [0.4, 0.5) is 34.8 Å². The number of nitrogens with two attached hydrogens (primary N) is 1. The quantitative estimate of drug-likeness (QED) is 0.265. The van der Waals surface area contributed by atoms with E-state index in [2.05, 4.69) is 37.6 Å². The van der Waals surface area contributed by atoms with Crippen molar-refractivity contribution >= 4 is 28.7 Å². The fourth-order valence-corrected chi connectivity index (χ4v) is 6.64. The molecule has 2 saturated heterocycles. The Morgan fingerprint density at radius 3 is 2.50 bits per heavy atom. The highest BCUT2D eigenvalue weighted by Gasteiger charge is 2.60. The zero-order valence-electron chi connectivity index (χ0n) is 25.4. The van der Waals surface area contributed by atoms with Crippen LogP contribution < -0.4 is 21.3 Å². The number of amides is 1. The Bertz CT molecular complexity index is 1780. The van der Waals surface area contributed by atoms with E-state index in [9.17, 15) is 22.4 Å². The van der Waals surface area contributed by atoms with Crippen molar-refractivity contribution in [1.82, 2.24) is 29.8 Å². The third-order valence-electron chi connectivity index (χ3n) is 9.37. The Morgan fingerprint density at radius 1 is 1.07 bits per heavy atom. The van der Waals surface area contributed by atoms with Gasteiger partial charge in [0.25, 0.3) is 11.8 Å². The van der Waals surface area contributed by atoms with Crippen LogP contribution in [-0.2, 0) is 13.0 Å². The smallest absolute Gasteiger partial charge is 0.269 e. The molecule has 3 fully saturated rings. The third kappa shape index (κ3) is 5.42. The number of hydrogen-bond donors (Lipinski definition) is 3. The highest BCUT2D eigenvalue weighted by Crippen LogP contribution is 2.49. The molecule has 0 radical (unpaired) electrons. The molecule has 242 valence electrons. The molecule has 1 spiro atoms. The van der Waals surface area contributed by atoms with Crippen molar-refractivity contribution in [2.45, 2.75) is 44.1 Å². The van der Waals surface area contributed by atoms with Gasteiger partial charge < -0.3 is 21.3 Å². The zero-order chi connectivity index (χ0) is 32.3. The van der Waals surface area contributed by atoms with Crippen molar-refractivity contribution in [3.8, 4) is 11.3 Å². The van der Waals surface area contributed by atoms with Crippen molar-refractivity contribution in [3.05, 3.63) is 65.6 Å². The molecule has 4 aromatic rings. The fraction of sp³-hybridized carbons (Fsp3) is 0.438. The van der Waals surface area contributed by atoms with Gasteiger partial charge in [-0.05, 0) is 42.6 Å². The molecular formula is C32H35F4N9O. The maximum absolute atomic E-state index is 14.5. The van der Waals surface area contributed by atoms with Gasteiger partial charge >= 0.3 is 0 Å². The molecular weight excluding hydrogens is 602 g/mol. The van der Waals surface area contributed by atoms with E-state index in [1.807, 2.05) is 30.5 Å². The van der Waals surface area contributed by atoms with Gasteiger partial charge in [-0.15, -0.1) is 5.10 Å². The SMILES string of the molecule is CNc1cc(N2CCc3c(-c4ccc(CN5CC6(CCNCC6(F)F)C5)cn4)cccc32)nn2c(C(N)=O)cnc12.FC1(F)CC1. The van der Waals surface area contributed by atoms with Crippen LogP contribution >= 0.6 is 0 Å². The summed E-state index contributed by atoms with van der Waals surface area (Å²) < 4.78 is 52.8. The third-order valence-corrected chi connectivity index (χ3v) is 9.37. The minimum Gasteiger partial charge on any atom is -0.385 e. The molecule has 1 saturated carbocycles. The van der Waals surface area contributed by atoms with Crippen molar-refractivity contribution in [2.24, 2.45) is 11.1 Å². The van der Waals surface area contributed by atoms with Gasteiger partial charge in [0, 0.05) is 69.6 Å². The minimum absolute atomic E-state index is 0.118. The van der Waals surface area contributed by atoms with Crippen LogP contribution in [0.25, 0.3) is 16.9 Å². The summed E-state index contributed by atoms with van der Waals surface area (Å²) in [6.45, 7) is 2.58. The van der Waals surface area contributed by atoms with Crippen LogP contribution in [0.15, 0.2) is 48.8 Å². The lowest BCUT2D eigenvalue weighted by Crippen LogP contribution is -2.69. The number of imidazole rings is 1. The maximum atomic E-state index is 14.5. The minimum atomic E-state index is -2.66. The largest absolute Gasteiger partial charge is 0.385 e. The number of pyridine rings is 1. The van der Waals surface area contributed by atoms with E-state index in [-0.39, 0.29) is 25.1 Å². The first kappa shape index (κ1) is 30.4. The van der Waals surface area contributed by atoms with Crippen LogP contribution in [0.5, 0.6) is 0 Å². The second-order valence-electron chi connectivity index (χ2n) is 12.6. The second-order valence-corrected chi connectivity index (χ2v) is 12.6. The molecule has 3 aromatic heterocycles. The van der Waals surface area contributed by atoms with Gasteiger partial charge in [0.2, 0.25) is 5.92 Å². The lowest BCUT2D eigenvalue weighted by atomic mass is 9.69. The molecule has 0 unspecified atom stereocenters. The predicted octanol–water partition coefficient (Wildman–Crippen LogP) is 4.47. The molecule has 4 aliphatic rings. The van der Waals surface area contributed by atoms with Crippen LogP contribution in [0, 0.1) is 5.41 Å². The van der Waals surface area contributed by atoms with E-state index in [1.54, 1.807) is 7.05 Å². The molecule has 1 amide bonds. The number of piperidine rings is 1. The lowest BCUT2D eigenvalue weighted by Gasteiger charge is -2.56. The molecule has 4 N–H and O–H groups in total. The van der Waals surface area contributed by atoms with E-state index in [0.29, 0.717) is 50.6 Å². The summed E-state index contributed by atoms with van der Waals surface area (Å²) in [4.78, 5) is 25.2. The highest BCUT2D eigenvalue weighted by atomic mass is 19.3. The van der Waals surface area contributed by atoms with Gasteiger partial charge in [0.05, 0.1) is 29.5 Å². The number of hydrogen-bond acceptors (Lipinski definition) is 8. The number of likely N-dealkylation sites (tertiary alicyclic amines) is 1. The average Bonchev–Trinajstić information content (AvgIpc) is 3.37. The second kappa shape index (κ2) is 11.2. The number of primary amides is 1. The monoisotopic (exact) mass is 637 g/mol. The Hall–Kier alpha value is -4.30. The van der Waals surface area contributed by atoms with E-state index < -0.39 is 23.2 Å². The summed E-state index contributed by atoms with van der Waals surface area (Å²) in [7, 11) is 1.80. The van der Waals surface area contributed by atoms with Crippen molar-refractivity contribution in [3.63, 3.8) is 0 Å². The van der Waals surface area contributed by atoms with Gasteiger partial charge in [-0.25, -0.2) is 27.1 Å². The molecule has 8 rings (SSSR count). The number of carbonyl (C=O) groups is 1. The Balaban J connectivity index is 0.000000619. The van der Waals surface area contributed by atoms with Gasteiger partial charge in [-0.1, -0.05) is 18.2 Å². The Morgan fingerprint density at radius 2 is 1.85 bits per heavy atom. The first-order valence-electron chi connectivity index (χ1n) is 15.4. The van der Waals surface area contributed by atoms with E-state index in [1.165, 1.54) is 16.3 Å². The zero-order valence-corrected chi connectivity index (χ0v) is 25.4. The number of carbonyl (C=O) groups excluding carboxylic acids is 1. The van der Waals surface area contributed by atoms with Crippen LogP contribution in [0.3, 0.4) is 0 Å². The Kier molecular flexibility index (Phi) is 7.39. The molecule has 10 nitrogen and oxygen atoms in total. The molecule has 1 aliphatic carbocycles. The van der Waals surface area contributed by atoms with Gasteiger partial charge in [-0.3, -0.25) is 14.7 Å². The normalized spacial score (nSPS) is 20.5. The van der Waals surface area contributed by atoms with Crippen molar-refractivity contribution in [1.29, 1.82) is 0 Å². The van der Waals surface area contributed by atoms with E-state index in [0.717, 1.165) is 34.6 Å². The molecule has 3 aliphatic heterocycles. The summed E-state index contributed by atoms with van der Waals surface area (Å²) in [6, 6.07) is 12.1. The number of anilines is 3.